The molecule has 0 aliphatic heterocycles. The molecule has 2 aromatic rings. The van der Waals surface area contributed by atoms with Gasteiger partial charge in [0.15, 0.2) is 0 Å². The first-order chi connectivity index (χ1) is 10.1. The van der Waals surface area contributed by atoms with Gasteiger partial charge in [0.25, 0.3) is 0 Å². The SMILES string of the molecule is CCCNCc1ccc(COc2cc(Cl)c(Cl)cc2Cl)o1. The molecule has 0 aliphatic carbocycles. The van der Waals surface area contributed by atoms with E-state index in [2.05, 4.69) is 12.2 Å². The van der Waals surface area contributed by atoms with E-state index in [4.69, 9.17) is 44.0 Å². The van der Waals surface area contributed by atoms with E-state index in [9.17, 15) is 0 Å². The first-order valence-electron chi connectivity index (χ1n) is 6.65. The van der Waals surface area contributed by atoms with E-state index >= 15 is 0 Å². The minimum atomic E-state index is 0.283. The molecule has 1 aromatic heterocycles. The summed E-state index contributed by atoms with van der Waals surface area (Å²) in [4.78, 5) is 0. The van der Waals surface area contributed by atoms with Crippen LogP contribution in [0, 0.1) is 0 Å². The van der Waals surface area contributed by atoms with Gasteiger partial charge in [0.2, 0.25) is 0 Å². The molecule has 0 radical (unpaired) electrons. The summed E-state index contributed by atoms with van der Waals surface area (Å²) in [6.45, 7) is 4.08. The highest BCUT2D eigenvalue weighted by molar-refractivity contribution is 6.43. The molecule has 0 aliphatic rings. The Morgan fingerprint density at radius 2 is 1.76 bits per heavy atom. The Kier molecular flexibility index (Phi) is 6.24. The quantitative estimate of drug-likeness (QED) is 0.543. The van der Waals surface area contributed by atoms with Crippen LogP contribution >= 0.6 is 34.8 Å². The second kappa shape index (κ2) is 7.95. The summed E-state index contributed by atoms with van der Waals surface area (Å²) in [5, 5.41) is 4.49. The third-order valence-corrected chi connectivity index (χ3v) is 3.81. The van der Waals surface area contributed by atoms with Crippen LogP contribution in [0.2, 0.25) is 15.1 Å². The van der Waals surface area contributed by atoms with Crippen LogP contribution in [0.3, 0.4) is 0 Å². The highest BCUT2D eigenvalue weighted by Crippen LogP contribution is 2.34. The first kappa shape index (κ1) is 16.5. The Labute approximate surface area is 139 Å². The number of nitrogens with one attached hydrogen (secondary N) is 1. The molecule has 6 heteroatoms. The summed E-state index contributed by atoms with van der Waals surface area (Å²) < 4.78 is 11.3. The maximum absolute atomic E-state index is 6.05. The third kappa shape index (κ3) is 4.82. The van der Waals surface area contributed by atoms with Crippen molar-refractivity contribution < 1.29 is 9.15 Å². The van der Waals surface area contributed by atoms with Crippen molar-refractivity contribution in [3.05, 3.63) is 50.9 Å². The number of ether oxygens (including phenoxy) is 1. The second-order valence-corrected chi connectivity index (χ2v) is 5.75. The van der Waals surface area contributed by atoms with Gasteiger partial charge in [-0.15, -0.1) is 0 Å². The lowest BCUT2D eigenvalue weighted by Crippen LogP contribution is -2.13. The van der Waals surface area contributed by atoms with Crippen molar-refractivity contribution in [2.24, 2.45) is 0 Å². The Hall–Kier alpha value is -0.870. The van der Waals surface area contributed by atoms with Crippen LogP contribution in [-0.4, -0.2) is 6.54 Å². The number of benzene rings is 1. The summed E-state index contributed by atoms with van der Waals surface area (Å²) in [5.74, 6) is 2.08. The van der Waals surface area contributed by atoms with Crippen LogP contribution in [0.5, 0.6) is 5.75 Å². The summed E-state index contributed by atoms with van der Waals surface area (Å²) >= 11 is 17.9. The molecule has 0 amide bonds. The van der Waals surface area contributed by atoms with Gasteiger partial charge in [-0.3, -0.25) is 0 Å². The molecule has 1 N–H and O–H groups in total. The minimum Gasteiger partial charge on any atom is -0.484 e. The lowest BCUT2D eigenvalue weighted by atomic mass is 10.3. The number of halogens is 3. The molecule has 0 spiro atoms. The average molecular weight is 349 g/mol. The maximum atomic E-state index is 6.05. The molecule has 1 aromatic carbocycles. The van der Waals surface area contributed by atoms with E-state index in [1.54, 1.807) is 12.1 Å². The van der Waals surface area contributed by atoms with Crippen molar-refractivity contribution in [1.29, 1.82) is 0 Å². The van der Waals surface area contributed by atoms with E-state index < -0.39 is 0 Å². The van der Waals surface area contributed by atoms with Crippen LogP contribution in [0.1, 0.15) is 24.9 Å². The van der Waals surface area contributed by atoms with E-state index in [0.29, 0.717) is 27.4 Å². The zero-order chi connectivity index (χ0) is 15.2. The Morgan fingerprint density at radius 1 is 1.05 bits per heavy atom. The molecule has 1 heterocycles. The zero-order valence-corrected chi connectivity index (χ0v) is 13.9. The van der Waals surface area contributed by atoms with E-state index in [-0.39, 0.29) is 6.61 Å². The van der Waals surface area contributed by atoms with Gasteiger partial charge >= 0.3 is 0 Å². The predicted molar refractivity (Wildman–Crippen MR) is 86.5 cm³/mol. The van der Waals surface area contributed by atoms with Crippen LogP contribution in [0.15, 0.2) is 28.7 Å². The molecule has 0 bridgehead atoms. The van der Waals surface area contributed by atoms with Gasteiger partial charge in [-0.1, -0.05) is 41.7 Å². The second-order valence-electron chi connectivity index (χ2n) is 4.53. The molecular formula is C15H16Cl3NO2. The molecule has 0 unspecified atom stereocenters. The molecule has 3 nitrogen and oxygen atoms in total. The normalized spacial score (nSPS) is 10.9. The molecule has 0 saturated carbocycles. The van der Waals surface area contributed by atoms with Gasteiger partial charge in [-0.25, -0.2) is 0 Å². The third-order valence-electron chi connectivity index (χ3n) is 2.79. The number of furan rings is 1. The van der Waals surface area contributed by atoms with Crippen LogP contribution in [0.25, 0.3) is 0 Å². The van der Waals surface area contributed by atoms with Crippen molar-refractivity contribution in [2.75, 3.05) is 6.54 Å². The van der Waals surface area contributed by atoms with E-state index in [1.807, 2.05) is 12.1 Å². The summed E-state index contributed by atoms with van der Waals surface area (Å²) in [6, 6.07) is 6.97. The summed E-state index contributed by atoms with van der Waals surface area (Å²) in [7, 11) is 0. The lowest BCUT2D eigenvalue weighted by molar-refractivity contribution is 0.265. The predicted octanol–water partition coefficient (Wildman–Crippen LogP) is 5.32. The maximum Gasteiger partial charge on any atom is 0.146 e. The Balaban J connectivity index is 1.92. The molecule has 0 fully saturated rings. The van der Waals surface area contributed by atoms with Crippen molar-refractivity contribution in [3.8, 4) is 5.75 Å². The van der Waals surface area contributed by atoms with Gasteiger partial charge in [0, 0.05) is 6.07 Å². The smallest absolute Gasteiger partial charge is 0.146 e. The minimum absolute atomic E-state index is 0.283. The van der Waals surface area contributed by atoms with Crippen molar-refractivity contribution in [2.45, 2.75) is 26.5 Å². The first-order valence-corrected chi connectivity index (χ1v) is 7.79. The fourth-order valence-electron chi connectivity index (χ4n) is 1.75. The fraction of sp³-hybridized carbons (Fsp3) is 0.333. The number of hydrogen-bond acceptors (Lipinski definition) is 3. The molecule has 21 heavy (non-hydrogen) atoms. The van der Waals surface area contributed by atoms with E-state index in [0.717, 1.165) is 24.5 Å². The topological polar surface area (TPSA) is 34.4 Å². The zero-order valence-electron chi connectivity index (χ0n) is 11.6. The molecule has 0 atom stereocenters. The van der Waals surface area contributed by atoms with Crippen molar-refractivity contribution in [1.82, 2.24) is 5.32 Å². The lowest BCUT2D eigenvalue weighted by Gasteiger charge is -2.08. The van der Waals surface area contributed by atoms with Gasteiger partial charge in [0.1, 0.15) is 23.9 Å². The van der Waals surface area contributed by atoms with Crippen LogP contribution < -0.4 is 10.1 Å². The number of hydrogen-bond donors (Lipinski definition) is 1. The Morgan fingerprint density at radius 3 is 2.52 bits per heavy atom. The average Bonchev–Trinajstić information content (AvgIpc) is 2.90. The molecule has 114 valence electrons. The summed E-state index contributed by atoms with van der Waals surface area (Å²) in [6.07, 6.45) is 1.09. The standard InChI is InChI=1S/C15H16Cl3NO2/c1-2-5-19-8-10-3-4-11(21-10)9-20-15-7-13(17)12(16)6-14(15)18/h3-4,6-7,19H,2,5,8-9H2,1H3. The molecule has 0 saturated heterocycles. The highest BCUT2D eigenvalue weighted by Gasteiger charge is 2.09. The number of rotatable bonds is 7. The van der Waals surface area contributed by atoms with Crippen molar-refractivity contribution >= 4 is 34.8 Å². The molecular weight excluding hydrogens is 333 g/mol. The van der Waals surface area contributed by atoms with Gasteiger partial charge in [-0.2, -0.15) is 0 Å². The van der Waals surface area contributed by atoms with Gasteiger partial charge in [0.05, 0.1) is 21.6 Å². The largest absolute Gasteiger partial charge is 0.484 e. The van der Waals surface area contributed by atoms with Crippen LogP contribution in [0.4, 0.5) is 0 Å². The van der Waals surface area contributed by atoms with Crippen LogP contribution in [-0.2, 0) is 13.2 Å². The van der Waals surface area contributed by atoms with E-state index in [1.165, 1.54) is 0 Å². The highest BCUT2D eigenvalue weighted by atomic mass is 35.5. The van der Waals surface area contributed by atoms with Gasteiger partial charge in [-0.05, 0) is 31.2 Å². The van der Waals surface area contributed by atoms with Crippen molar-refractivity contribution in [3.63, 3.8) is 0 Å². The monoisotopic (exact) mass is 347 g/mol. The molecule has 2 rings (SSSR count). The Bertz CT molecular complexity index is 599. The summed E-state index contributed by atoms with van der Waals surface area (Å²) in [5.41, 5.74) is 0. The van der Waals surface area contributed by atoms with Gasteiger partial charge < -0.3 is 14.5 Å². The fourth-order valence-corrected chi connectivity index (χ4v) is 2.34.